The van der Waals surface area contributed by atoms with E-state index in [1.807, 2.05) is 29.0 Å². The summed E-state index contributed by atoms with van der Waals surface area (Å²) < 4.78 is 13.7. The van der Waals surface area contributed by atoms with E-state index in [0.717, 1.165) is 62.3 Å². The summed E-state index contributed by atoms with van der Waals surface area (Å²) in [5, 5.41) is 31.0. The predicted octanol–water partition coefficient (Wildman–Crippen LogP) is 2.52. The molecular formula is C25H33N5O8. The van der Waals surface area contributed by atoms with Gasteiger partial charge in [-0.1, -0.05) is 12.1 Å². The number of aryl methyl sites for hydroxylation is 1. The predicted molar refractivity (Wildman–Crippen MR) is 135 cm³/mol. The molecule has 4 rings (SSSR count). The van der Waals surface area contributed by atoms with E-state index in [-0.39, 0.29) is 5.69 Å². The van der Waals surface area contributed by atoms with Gasteiger partial charge in [0.1, 0.15) is 0 Å². The molecule has 0 aliphatic carbocycles. The van der Waals surface area contributed by atoms with Gasteiger partial charge < -0.3 is 29.4 Å². The fraction of sp³-hybridized carbons (Fsp3) is 0.400. The average molecular weight is 532 g/mol. The average Bonchev–Trinajstić information content (AvgIpc) is 3.51. The van der Waals surface area contributed by atoms with E-state index in [2.05, 4.69) is 20.1 Å². The minimum Gasteiger partial charge on any atom is -0.493 e. The Kier molecular flexibility index (Phi) is 11.8. The molecule has 1 aliphatic rings. The molecule has 2 aromatic heterocycles. The molecule has 0 saturated carbocycles. The lowest BCUT2D eigenvalue weighted by atomic mass is 10.0. The van der Waals surface area contributed by atoms with Crippen LogP contribution in [0.2, 0.25) is 0 Å². The number of nitrogens with zero attached hydrogens (tertiary/aromatic N) is 4. The van der Waals surface area contributed by atoms with Gasteiger partial charge in [0, 0.05) is 75.7 Å². The van der Waals surface area contributed by atoms with Crippen molar-refractivity contribution < 1.29 is 39.2 Å². The first-order valence-corrected chi connectivity index (χ1v) is 11.8. The number of imidazole rings is 1. The molecular weight excluding hydrogens is 498 g/mol. The molecule has 13 heteroatoms. The first-order valence-electron chi connectivity index (χ1n) is 11.8. The van der Waals surface area contributed by atoms with Gasteiger partial charge in [-0.05, 0) is 12.5 Å². The van der Waals surface area contributed by atoms with Gasteiger partial charge >= 0.3 is 5.97 Å². The molecule has 0 atom stereocenters. The first-order chi connectivity index (χ1) is 18.1. The number of carboxylic acids is 3. The van der Waals surface area contributed by atoms with Gasteiger partial charge in [0.25, 0.3) is 11.9 Å². The summed E-state index contributed by atoms with van der Waals surface area (Å²) >= 11 is 0. The zero-order chi connectivity index (χ0) is 28.1. The van der Waals surface area contributed by atoms with Crippen LogP contribution in [0.25, 0.3) is 0 Å². The number of hydrogen-bond acceptors (Lipinski definition) is 8. The topological polar surface area (TPSA) is 180 Å². The lowest BCUT2D eigenvalue weighted by Crippen LogP contribution is -2.30. The third-order valence-corrected chi connectivity index (χ3v) is 5.26. The number of carboxylic acid groups (broad SMARTS) is 3. The lowest BCUT2D eigenvalue weighted by Gasteiger charge is -2.27. The van der Waals surface area contributed by atoms with Crippen LogP contribution in [0.3, 0.4) is 0 Å². The van der Waals surface area contributed by atoms with E-state index < -0.39 is 17.9 Å². The summed E-state index contributed by atoms with van der Waals surface area (Å²) in [4.78, 5) is 35.7. The number of carbonyl (C=O) groups is 3. The Morgan fingerprint density at radius 1 is 1.13 bits per heavy atom. The number of rotatable bonds is 9. The molecule has 1 aromatic carbocycles. The van der Waals surface area contributed by atoms with Crippen LogP contribution in [0.1, 0.15) is 47.6 Å². The Balaban J connectivity index is 0.000000559. The first kappa shape index (κ1) is 29.8. The molecule has 0 amide bonds. The SMILES string of the molecule is CC(=O)O.CC(=O)O.COc1cccc(CN2CCc3[nH]nc(C(=O)O)c3C2)c1OCCCn1ccnc1. The number of aromatic nitrogens is 4. The number of methoxy groups -OCH3 is 1. The van der Waals surface area contributed by atoms with Gasteiger partial charge in [-0.15, -0.1) is 0 Å². The van der Waals surface area contributed by atoms with Crippen LogP contribution < -0.4 is 9.47 Å². The number of hydrogen-bond donors (Lipinski definition) is 4. The number of H-pyrrole nitrogens is 1. The minimum atomic E-state index is -1.00. The van der Waals surface area contributed by atoms with Crippen molar-refractivity contribution in [3.8, 4) is 11.5 Å². The maximum atomic E-state index is 11.4. The zero-order valence-electron chi connectivity index (χ0n) is 21.6. The number of aromatic amines is 1. The fourth-order valence-corrected chi connectivity index (χ4v) is 3.75. The number of benzene rings is 1. The summed E-state index contributed by atoms with van der Waals surface area (Å²) in [7, 11) is 1.63. The van der Waals surface area contributed by atoms with Crippen LogP contribution in [0.4, 0.5) is 0 Å². The number of ether oxygens (including phenoxy) is 2. The highest BCUT2D eigenvalue weighted by atomic mass is 16.5. The molecule has 0 unspecified atom stereocenters. The van der Waals surface area contributed by atoms with Crippen molar-refractivity contribution in [1.29, 1.82) is 0 Å². The Morgan fingerprint density at radius 3 is 2.45 bits per heavy atom. The summed E-state index contributed by atoms with van der Waals surface area (Å²) in [5.74, 6) is -1.23. The molecule has 0 saturated heterocycles. The van der Waals surface area contributed by atoms with E-state index >= 15 is 0 Å². The molecule has 3 heterocycles. The van der Waals surface area contributed by atoms with Crippen molar-refractivity contribution in [2.24, 2.45) is 0 Å². The van der Waals surface area contributed by atoms with Crippen molar-refractivity contribution in [3.05, 3.63) is 59.4 Å². The Morgan fingerprint density at radius 2 is 1.84 bits per heavy atom. The Hall–Kier alpha value is -4.39. The number of nitrogens with one attached hydrogen (secondary N) is 1. The number of aromatic carboxylic acids is 1. The molecule has 206 valence electrons. The largest absolute Gasteiger partial charge is 0.493 e. The van der Waals surface area contributed by atoms with Gasteiger partial charge in [-0.3, -0.25) is 19.6 Å². The van der Waals surface area contributed by atoms with Gasteiger partial charge in [-0.2, -0.15) is 5.10 Å². The molecule has 0 spiro atoms. The molecule has 38 heavy (non-hydrogen) atoms. The summed E-state index contributed by atoms with van der Waals surface area (Å²) in [6.07, 6.45) is 7.07. The van der Waals surface area contributed by atoms with Crippen LogP contribution in [0.15, 0.2) is 36.9 Å². The van der Waals surface area contributed by atoms with Crippen LogP contribution in [-0.4, -0.2) is 78.1 Å². The zero-order valence-corrected chi connectivity index (χ0v) is 21.6. The third-order valence-electron chi connectivity index (χ3n) is 5.26. The monoisotopic (exact) mass is 531 g/mol. The second-order valence-electron chi connectivity index (χ2n) is 8.28. The van der Waals surface area contributed by atoms with Crippen molar-refractivity contribution in [2.75, 3.05) is 20.3 Å². The quantitative estimate of drug-likeness (QED) is 0.298. The van der Waals surface area contributed by atoms with E-state index in [1.165, 1.54) is 0 Å². The Labute approximate surface area is 219 Å². The highest BCUT2D eigenvalue weighted by Crippen LogP contribution is 2.33. The van der Waals surface area contributed by atoms with E-state index in [9.17, 15) is 9.90 Å². The fourth-order valence-electron chi connectivity index (χ4n) is 3.75. The van der Waals surface area contributed by atoms with Crippen LogP contribution in [0.5, 0.6) is 11.5 Å². The van der Waals surface area contributed by atoms with Gasteiger partial charge in [-0.25, -0.2) is 9.78 Å². The second kappa shape index (κ2) is 15.0. The highest BCUT2D eigenvalue weighted by molar-refractivity contribution is 5.87. The van der Waals surface area contributed by atoms with E-state index in [0.29, 0.717) is 25.4 Å². The van der Waals surface area contributed by atoms with Crippen LogP contribution in [0, 0.1) is 0 Å². The molecule has 3 aromatic rings. The summed E-state index contributed by atoms with van der Waals surface area (Å²) in [6, 6.07) is 5.86. The van der Waals surface area contributed by atoms with E-state index in [4.69, 9.17) is 29.3 Å². The smallest absolute Gasteiger partial charge is 0.356 e. The standard InChI is InChI=1S/C21H25N5O4.2C2H4O2/c1-29-18-5-2-4-15(20(18)30-11-3-8-25-10-7-22-14-25)12-26-9-6-17-16(13-26)19(21(27)28)24-23-17;2*1-2(3)4/h2,4-5,7,10,14H,3,6,8-9,11-13H2,1H3,(H,23,24)(H,27,28);2*1H3,(H,3,4). The molecule has 4 N–H and O–H groups in total. The van der Waals surface area contributed by atoms with Crippen molar-refractivity contribution in [1.82, 2.24) is 24.6 Å². The van der Waals surface area contributed by atoms with Gasteiger partial charge in [0.05, 0.1) is 20.0 Å². The van der Waals surface area contributed by atoms with Crippen LogP contribution in [-0.2, 0) is 35.6 Å². The van der Waals surface area contributed by atoms with Crippen LogP contribution >= 0.6 is 0 Å². The van der Waals surface area contributed by atoms with E-state index in [1.54, 1.807) is 19.6 Å². The van der Waals surface area contributed by atoms with Gasteiger partial charge in [0.15, 0.2) is 17.2 Å². The lowest BCUT2D eigenvalue weighted by molar-refractivity contribution is -0.135. The van der Waals surface area contributed by atoms with Crippen molar-refractivity contribution in [3.63, 3.8) is 0 Å². The molecule has 0 radical (unpaired) electrons. The van der Waals surface area contributed by atoms with Crippen molar-refractivity contribution in [2.45, 2.75) is 46.3 Å². The molecule has 13 nitrogen and oxygen atoms in total. The Bertz CT molecular complexity index is 1170. The normalized spacial score (nSPS) is 12.2. The highest BCUT2D eigenvalue weighted by Gasteiger charge is 2.26. The minimum absolute atomic E-state index is 0.108. The number of aliphatic carboxylic acids is 2. The van der Waals surface area contributed by atoms with Gasteiger partial charge in [0.2, 0.25) is 0 Å². The maximum Gasteiger partial charge on any atom is 0.356 e. The molecule has 0 bridgehead atoms. The molecule has 0 fully saturated rings. The summed E-state index contributed by atoms with van der Waals surface area (Å²) in [6.45, 7) is 5.53. The van der Waals surface area contributed by atoms with Crippen molar-refractivity contribution >= 4 is 17.9 Å². The number of para-hydroxylation sites is 1. The number of fused-ring (bicyclic) bond motifs is 1. The second-order valence-corrected chi connectivity index (χ2v) is 8.28. The third kappa shape index (κ3) is 9.58. The summed E-state index contributed by atoms with van der Waals surface area (Å²) in [5.41, 5.74) is 2.79. The molecule has 1 aliphatic heterocycles. The maximum absolute atomic E-state index is 11.4.